The van der Waals surface area contributed by atoms with Gasteiger partial charge in [-0.2, -0.15) is 0 Å². The number of rotatable bonds is 9. The monoisotopic (exact) mass is 387 g/mol. The molecule has 0 unspecified atom stereocenters. The predicted octanol–water partition coefficient (Wildman–Crippen LogP) is 3.42. The second-order valence-electron chi connectivity index (χ2n) is 6.03. The maximum atomic E-state index is 11.7. The van der Waals surface area contributed by atoms with Crippen molar-refractivity contribution in [3.63, 3.8) is 0 Å². The molecule has 0 bridgehead atoms. The molecule has 1 aromatic heterocycles. The van der Waals surface area contributed by atoms with Crippen LogP contribution in [0.5, 0.6) is 5.75 Å². The highest BCUT2D eigenvalue weighted by molar-refractivity contribution is 6.30. The van der Waals surface area contributed by atoms with Gasteiger partial charge in [-0.1, -0.05) is 23.7 Å². The van der Waals surface area contributed by atoms with Gasteiger partial charge < -0.3 is 19.4 Å². The van der Waals surface area contributed by atoms with E-state index < -0.39 is 0 Å². The molecule has 0 aliphatic carbocycles. The molecule has 0 aliphatic rings. The minimum Gasteiger partial charge on any atom is -0.494 e. The summed E-state index contributed by atoms with van der Waals surface area (Å²) in [5, 5.41) is 3.52. The molecule has 0 spiro atoms. The number of aryl methyl sites for hydroxylation is 1. The number of methoxy groups -OCH3 is 1. The van der Waals surface area contributed by atoms with Crippen molar-refractivity contribution in [2.24, 2.45) is 0 Å². The van der Waals surface area contributed by atoms with Crippen LogP contribution in [0.3, 0.4) is 0 Å². The quantitative estimate of drug-likeness (QED) is 0.571. The van der Waals surface area contributed by atoms with E-state index >= 15 is 0 Å². The lowest BCUT2D eigenvalue weighted by molar-refractivity contribution is -0.124. The molecular weight excluding hydrogens is 366 g/mol. The Bertz CT molecular complexity index is 893. The van der Waals surface area contributed by atoms with Crippen molar-refractivity contribution < 1.29 is 14.3 Å². The largest absolute Gasteiger partial charge is 0.494 e. The summed E-state index contributed by atoms with van der Waals surface area (Å²) in [5.74, 6) is 1.44. The Morgan fingerprint density at radius 2 is 1.96 bits per heavy atom. The number of carbonyl (C=O) groups excluding carboxylic acids is 1. The van der Waals surface area contributed by atoms with E-state index in [1.165, 1.54) is 7.11 Å². The average molecular weight is 388 g/mol. The van der Waals surface area contributed by atoms with Gasteiger partial charge in [-0.3, -0.25) is 4.79 Å². The van der Waals surface area contributed by atoms with E-state index in [-0.39, 0.29) is 12.5 Å². The molecule has 1 N–H and O–H groups in total. The van der Waals surface area contributed by atoms with Gasteiger partial charge in [0.1, 0.15) is 18.2 Å². The Labute approximate surface area is 163 Å². The molecule has 0 saturated carbocycles. The van der Waals surface area contributed by atoms with Gasteiger partial charge in [0.2, 0.25) is 5.91 Å². The number of aromatic nitrogens is 2. The molecule has 1 heterocycles. The first kappa shape index (κ1) is 19.2. The van der Waals surface area contributed by atoms with Crippen LogP contribution in [-0.2, 0) is 22.6 Å². The highest BCUT2D eigenvalue weighted by Gasteiger charge is 2.11. The van der Waals surface area contributed by atoms with Crippen LogP contribution in [0, 0.1) is 0 Å². The Balaban J connectivity index is 1.63. The summed E-state index contributed by atoms with van der Waals surface area (Å²) in [6, 6.07) is 15.3. The number of fused-ring (bicyclic) bond motifs is 1. The van der Waals surface area contributed by atoms with E-state index in [0.717, 1.165) is 35.6 Å². The molecule has 0 saturated heterocycles. The Kier molecular flexibility index (Phi) is 6.68. The third kappa shape index (κ3) is 5.21. The third-order valence-electron chi connectivity index (χ3n) is 4.06. The second kappa shape index (κ2) is 9.39. The Hall–Kier alpha value is -2.57. The molecule has 7 heteroatoms. The lowest BCUT2D eigenvalue weighted by Crippen LogP contribution is -2.28. The van der Waals surface area contributed by atoms with Crippen molar-refractivity contribution in [2.75, 3.05) is 20.3 Å². The standard InChI is InChI=1S/C20H22ClN3O3/c1-26-14-20(25)22-13-19-23-17-5-2-3-6-18(17)24(19)11-4-12-27-16-9-7-15(21)8-10-16/h2-3,5-10H,4,11-14H2,1H3,(H,22,25). The van der Waals surface area contributed by atoms with Gasteiger partial charge in [0.15, 0.2) is 0 Å². The Morgan fingerprint density at radius 3 is 2.74 bits per heavy atom. The van der Waals surface area contributed by atoms with Crippen molar-refractivity contribution >= 4 is 28.5 Å². The van der Waals surface area contributed by atoms with Crippen LogP contribution < -0.4 is 10.1 Å². The van der Waals surface area contributed by atoms with Crippen molar-refractivity contribution in [3.05, 3.63) is 59.4 Å². The number of hydrogen-bond acceptors (Lipinski definition) is 4. The smallest absolute Gasteiger partial charge is 0.246 e. The summed E-state index contributed by atoms with van der Waals surface area (Å²) in [6.07, 6.45) is 0.808. The number of halogens is 1. The van der Waals surface area contributed by atoms with Crippen LogP contribution in [0.25, 0.3) is 11.0 Å². The van der Waals surface area contributed by atoms with Crippen LogP contribution in [0.4, 0.5) is 0 Å². The fourth-order valence-corrected chi connectivity index (χ4v) is 2.94. The SMILES string of the molecule is COCC(=O)NCc1nc2ccccc2n1CCCOc1ccc(Cl)cc1. The summed E-state index contributed by atoms with van der Waals surface area (Å²) >= 11 is 5.88. The summed E-state index contributed by atoms with van der Waals surface area (Å²) in [5.41, 5.74) is 1.95. The minimum absolute atomic E-state index is 0.0369. The third-order valence-corrected chi connectivity index (χ3v) is 4.31. The number of para-hydroxylation sites is 2. The molecule has 0 radical (unpaired) electrons. The average Bonchev–Trinajstić information content (AvgIpc) is 3.03. The van der Waals surface area contributed by atoms with Crippen LogP contribution in [0.15, 0.2) is 48.5 Å². The van der Waals surface area contributed by atoms with E-state index in [1.807, 2.05) is 36.4 Å². The lowest BCUT2D eigenvalue weighted by atomic mass is 10.3. The van der Waals surface area contributed by atoms with Gasteiger partial charge in [0.05, 0.1) is 24.2 Å². The first-order chi connectivity index (χ1) is 13.2. The number of nitrogens with one attached hydrogen (secondary N) is 1. The van der Waals surface area contributed by atoms with Gasteiger partial charge in [-0.15, -0.1) is 0 Å². The number of benzene rings is 2. The van der Waals surface area contributed by atoms with Crippen LogP contribution in [-0.4, -0.2) is 35.8 Å². The number of imidazole rings is 1. The molecule has 0 atom stereocenters. The van der Waals surface area contributed by atoms with E-state index in [0.29, 0.717) is 18.2 Å². The molecule has 0 fully saturated rings. The summed E-state index contributed by atoms with van der Waals surface area (Å²) < 4.78 is 12.7. The molecule has 6 nitrogen and oxygen atoms in total. The molecule has 142 valence electrons. The lowest BCUT2D eigenvalue weighted by Gasteiger charge is -2.11. The number of nitrogens with zero attached hydrogens (tertiary/aromatic N) is 2. The molecule has 2 aromatic carbocycles. The van der Waals surface area contributed by atoms with Gasteiger partial charge in [0, 0.05) is 18.7 Å². The number of hydrogen-bond donors (Lipinski definition) is 1. The van der Waals surface area contributed by atoms with Crippen LogP contribution >= 0.6 is 11.6 Å². The predicted molar refractivity (Wildman–Crippen MR) is 105 cm³/mol. The zero-order valence-corrected chi connectivity index (χ0v) is 15.9. The first-order valence-electron chi connectivity index (χ1n) is 8.75. The molecule has 3 rings (SSSR count). The molecular formula is C20H22ClN3O3. The van der Waals surface area contributed by atoms with Gasteiger partial charge in [-0.05, 0) is 42.8 Å². The topological polar surface area (TPSA) is 65.4 Å². The molecule has 3 aromatic rings. The maximum Gasteiger partial charge on any atom is 0.246 e. The molecule has 1 amide bonds. The first-order valence-corrected chi connectivity index (χ1v) is 9.13. The van der Waals surface area contributed by atoms with Crippen molar-refractivity contribution in [1.29, 1.82) is 0 Å². The minimum atomic E-state index is -0.165. The fourth-order valence-electron chi connectivity index (χ4n) is 2.81. The van der Waals surface area contributed by atoms with Crippen molar-refractivity contribution in [3.8, 4) is 5.75 Å². The van der Waals surface area contributed by atoms with Gasteiger partial charge in [-0.25, -0.2) is 4.98 Å². The number of carbonyl (C=O) groups is 1. The Morgan fingerprint density at radius 1 is 1.19 bits per heavy atom. The summed E-state index contributed by atoms with van der Waals surface area (Å²) in [4.78, 5) is 16.3. The van der Waals surface area contributed by atoms with E-state index in [9.17, 15) is 4.79 Å². The van der Waals surface area contributed by atoms with Crippen LogP contribution in [0.1, 0.15) is 12.2 Å². The van der Waals surface area contributed by atoms with Gasteiger partial charge in [0.25, 0.3) is 0 Å². The highest BCUT2D eigenvalue weighted by Crippen LogP contribution is 2.18. The maximum absolute atomic E-state index is 11.7. The molecule has 27 heavy (non-hydrogen) atoms. The number of amides is 1. The fraction of sp³-hybridized carbons (Fsp3) is 0.300. The highest BCUT2D eigenvalue weighted by atomic mass is 35.5. The number of ether oxygens (including phenoxy) is 2. The van der Waals surface area contributed by atoms with Crippen molar-refractivity contribution in [2.45, 2.75) is 19.5 Å². The summed E-state index contributed by atoms with van der Waals surface area (Å²) in [6.45, 7) is 1.71. The second-order valence-corrected chi connectivity index (χ2v) is 6.47. The zero-order valence-electron chi connectivity index (χ0n) is 15.2. The van der Waals surface area contributed by atoms with Gasteiger partial charge >= 0.3 is 0 Å². The van der Waals surface area contributed by atoms with E-state index in [4.69, 9.17) is 21.1 Å². The zero-order chi connectivity index (χ0) is 19.1. The molecule has 0 aliphatic heterocycles. The summed E-state index contributed by atoms with van der Waals surface area (Å²) in [7, 11) is 1.50. The normalized spacial score (nSPS) is 10.9. The van der Waals surface area contributed by atoms with Crippen molar-refractivity contribution in [1.82, 2.24) is 14.9 Å². The van der Waals surface area contributed by atoms with E-state index in [1.54, 1.807) is 12.1 Å². The van der Waals surface area contributed by atoms with Crippen LogP contribution in [0.2, 0.25) is 5.02 Å². The van der Waals surface area contributed by atoms with E-state index in [2.05, 4.69) is 14.9 Å².